The van der Waals surface area contributed by atoms with E-state index in [1.54, 1.807) is 47.6 Å². The molecule has 1 aromatic carbocycles. The van der Waals surface area contributed by atoms with E-state index in [0.29, 0.717) is 62.6 Å². The summed E-state index contributed by atoms with van der Waals surface area (Å²) in [5.41, 5.74) is -1.18. The number of rotatable bonds is 49. The Hall–Kier alpha value is -10.9. The van der Waals surface area contributed by atoms with Gasteiger partial charge in [-0.1, -0.05) is 89.8 Å². The number of likely N-dealkylation sites (tertiary alicyclic amines) is 2. The highest BCUT2D eigenvalue weighted by Gasteiger charge is 2.46. The zero-order valence-corrected chi connectivity index (χ0v) is 67.3. The Labute approximate surface area is 677 Å². The fourth-order valence-corrected chi connectivity index (χ4v) is 14.8. The summed E-state index contributed by atoms with van der Waals surface area (Å²) in [4.78, 5) is 243. The van der Waals surface area contributed by atoms with Gasteiger partial charge in [-0.2, -0.15) is 0 Å². The normalized spacial score (nSPS) is 19.0. The maximum Gasteiger partial charge on any atom is 0.326 e. The van der Waals surface area contributed by atoms with Crippen LogP contribution in [0.5, 0.6) is 5.75 Å². The number of carbonyl (C=O) groups is 18. The number of hydrogen-bond acceptors (Lipinski definition) is 21. The van der Waals surface area contributed by atoms with Gasteiger partial charge >= 0.3 is 35.8 Å². The molecule has 3 heterocycles. The molecule has 1 aromatic rings. The summed E-state index contributed by atoms with van der Waals surface area (Å²) in [7, 11) is 0. The van der Waals surface area contributed by atoms with Crippen LogP contribution >= 0.6 is 0 Å². The summed E-state index contributed by atoms with van der Waals surface area (Å²) in [6.07, 6.45) is 2.29. The number of phenols is 1. The van der Waals surface area contributed by atoms with E-state index in [9.17, 15) is 122 Å². The fourth-order valence-electron chi connectivity index (χ4n) is 14.8. The second-order valence-electron chi connectivity index (χ2n) is 31.6. The number of benzene rings is 1. The third-order valence-corrected chi connectivity index (χ3v) is 21.6. The average Bonchev–Trinajstić information content (AvgIpc) is 1.61. The molecule has 0 spiro atoms. The molecule has 1 saturated carbocycles. The van der Waals surface area contributed by atoms with E-state index in [4.69, 9.17) is 5.11 Å². The Bertz CT molecular complexity index is 3770. The van der Waals surface area contributed by atoms with Gasteiger partial charge in [0.05, 0.1) is 6.42 Å². The van der Waals surface area contributed by atoms with Gasteiger partial charge in [0.25, 0.3) is 0 Å². The van der Waals surface area contributed by atoms with Gasteiger partial charge in [-0.25, -0.2) is 4.79 Å². The number of unbranched alkanes of at least 4 members (excludes halogenated alkanes) is 4. The summed E-state index contributed by atoms with van der Waals surface area (Å²) < 4.78 is 0. The highest BCUT2D eigenvalue weighted by atomic mass is 16.5. The topological polar surface area (TPSA) is 602 Å². The molecule has 5 rings (SSSR count). The molecule has 39 heteroatoms. The van der Waals surface area contributed by atoms with Crippen LogP contribution < -0.4 is 53.2 Å². The Morgan fingerprint density at radius 1 is 0.479 bits per heavy atom. The van der Waals surface area contributed by atoms with E-state index < -0.39 is 242 Å². The lowest BCUT2D eigenvalue weighted by Gasteiger charge is -2.47. The summed E-state index contributed by atoms with van der Waals surface area (Å²) in [6.45, 7) is 11.4. The first-order chi connectivity index (χ1) is 55.0. The van der Waals surface area contributed by atoms with Crippen molar-refractivity contribution in [2.75, 3.05) is 19.6 Å². The molecule has 1 aliphatic carbocycles. The SMILES string of the molecule is CC[C@H](C)[C@H](NC(=O)[C@@H]1CCCN1C(=O)[C@H](CCC(=O)O)NC(=O)[C@H](Cc1ccc(O)cc1)NC(=O)[C@H](CC(=O)O)NC(=O)CCCCCCCNC(=O)C1=CC(C)(C)N([O-])C1(C)C)C(=O)N1CCC[C@H]1C(=O)N[C@@H](CCC(=O)O)C(=O)N[C@@H](CCC(=O)O)C(=O)N[C@@H](C)C(=O)N[C@@H](CC1CCCCC1)C(=O)N[C@H](CCC(=O)O)C(=O)O. The predicted molar refractivity (Wildman–Crippen MR) is 415 cm³/mol. The number of hydrogen-bond donors (Lipinski definition) is 17. The number of phenolic OH excluding ortho intramolecular Hbond substituents is 1. The van der Waals surface area contributed by atoms with E-state index in [1.165, 1.54) is 31.2 Å². The Morgan fingerprint density at radius 3 is 1.48 bits per heavy atom. The van der Waals surface area contributed by atoms with E-state index in [2.05, 4.69) is 53.2 Å². The molecule has 0 unspecified atom stereocenters. The number of nitrogens with one attached hydrogen (secondary N) is 10. The maximum absolute atomic E-state index is 14.9. The molecule has 0 bridgehead atoms. The summed E-state index contributed by atoms with van der Waals surface area (Å²) in [6, 6.07) is -12.1. The van der Waals surface area contributed by atoms with Crippen LogP contribution in [0.15, 0.2) is 35.9 Å². The molecular weight excluding hydrogens is 1530 g/mol. The van der Waals surface area contributed by atoms with Gasteiger partial charge in [0.2, 0.25) is 70.9 Å². The molecule has 39 nitrogen and oxygen atoms in total. The van der Waals surface area contributed by atoms with Crippen molar-refractivity contribution in [3.8, 4) is 5.75 Å². The third kappa shape index (κ3) is 30.6. The molecule has 3 fully saturated rings. The van der Waals surface area contributed by atoms with Gasteiger partial charge < -0.3 is 109 Å². The van der Waals surface area contributed by atoms with E-state index >= 15 is 0 Å². The van der Waals surface area contributed by atoms with Gasteiger partial charge in [-0.15, -0.1) is 0 Å². The fraction of sp³-hybridized carbons (Fsp3) is 0.667. The average molecular weight is 1650 g/mol. The molecule has 12 amide bonds. The van der Waals surface area contributed by atoms with Gasteiger partial charge in [0.15, 0.2) is 0 Å². The number of nitrogens with zero attached hydrogens (tertiary/aromatic N) is 3. The molecule has 0 radical (unpaired) electrons. The van der Waals surface area contributed by atoms with Crippen LogP contribution in [0.2, 0.25) is 0 Å². The van der Waals surface area contributed by atoms with Crippen molar-refractivity contribution in [1.29, 1.82) is 0 Å². The number of aliphatic carboxylic acids is 6. The Kier molecular flexibility index (Phi) is 38.2. The van der Waals surface area contributed by atoms with E-state index in [-0.39, 0.29) is 82.0 Å². The minimum atomic E-state index is -1.78. The Morgan fingerprint density at radius 2 is 0.940 bits per heavy atom. The van der Waals surface area contributed by atoms with Crippen LogP contribution in [0.25, 0.3) is 0 Å². The molecule has 17 N–H and O–H groups in total. The lowest BCUT2D eigenvalue weighted by atomic mass is 9.84. The molecule has 2 saturated heterocycles. The van der Waals surface area contributed by atoms with Crippen molar-refractivity contribution in [3.05, 3.63) is 46.7 Å². The van der Waals surface area contributed by atoms with E-state index in [0.717, 1.165) is 34.1 Å². The van der Waals surface area contributed by atoms with Crippen molar-refractivity contribution in [2.45, 2.75) is 299 Å². The van der Waals surface area contributed by atoms with Crippen molar-refractivity contribution in [2.24, 2.45) is 11.8 Å². The summed E-state index contributed by atoms with van der Waals surface area (Å²) >= 11 is 0. The quantitative estimate of drug-likeness (QED) is 0.0406. The summed E-state index contributed by atoms with van der Waals surface area (Å²) in [5, 5.41) is 107. The van der Waals surface area contributed by atoms with Crippen molar-refractivity contribution in [1.82, 2.24) is 68.0 Å². The standard InChI is InChI=1S/C78H116N13O26/c1-8-43(2)64(75(114)90-38-18-21-56(90)72(111)83-50(29-33-60(96)97)68(107)82-49(28-32-59(94)95)67(106)80-44(3)65(104)86-53(39-45-19-13-12-14-20-45)70(109)85-52(76(115)116)31-35-62(100)101)88-73(112)57-22-17-37-89(57)74(113)51(30-34-61(98)99)84-69(108)54(40-46-24-26-47(92)27-25-46)87-71(110)55(41-63(102)103)81-58(93)23-15-10-9-11-16-36-79-66(105)48-42-77(4,5)91(117)78(48,6)7/h24-27,42-45,49-57,64,92H,8-23,28-41H2,1-7H3,(H,79,105)(H,80,106)(H,81,93)(H,82,107)(H,83,111)(H,84,108)(H,85,109)(H,86,104)(H,87,110)(H,88,112)(H,94,95)(H,96,97)(H,98,99)(H,100,101)(H,102,103)(H,115,116)/q-1/t43-,44-,49-,50-,51-,52+,53-,54-,55-,56-,57-,64-/m0/s1. The highest BCUT2D eigenvalue weighted by molar-refractivity contribution is 6.01. The van der Waals surface area contributed by atoms with Crippen LogP contribution in [0.4, 0.5) is 0 Å². The molecule has 117 heavy (non-hydrogen) atoms. The highest BCUT2D eigenvalue weighted by Crippen LogP contribution is 2.39. The molecular formula is C78H116N13O26-. The zero-order valence-electron chi connectivity index (χ0n) is 67.3. The number of carboxylic acids is 6. The van der Waals surface area contributed by atoms with Crippen LogP contribution in [-0.2, 0) is 92.7 Å². The largest absolute Gasteiger partial charge is 0.784 e. The van der Waals surface area contributed by atoms with Crippen LogP contribution in [-0.4, -0.2) is 254 Å². The first kappa shape index (κ1) is 96.7. The molecule has 3 aliphatic heterocycles. The van der Waals surface area contributed by atoms with E-state index in [1.807, 2.05) is 0 Å². The molecule has 12 atom stereocenters. The monoisotopic (exact) mass is 1650 g/mol. The second kappa shape index (κ2) is 46.2. The zero-order chi connectivity index (χ0) is 87.2. The van der Waals surface area contributed by atoms with Gasteiger partial charge in [0.1, 0.15) is 72.2 Å². The number of carbonyl (C=O) groups excluding carboxylic acids is 12. The van der Waals surface area contributed by atoms with Crippen LogP contribution in [0.3, 0.4) is 0 Å². The van der Waals surface area contributed by atoms with Crippen LogP contribution in [0, 0.1) is 17.0 Å². The van der Waals surface area contributed by atoms with Crippen molar-refractivity contribution < 1.29 is 122 Å². The first-order valence-corrected chi connectivity index (χ1v) is 40.0. The van der Waals surface area contributed by atoms with Gasteiger partial charge in [-0.05, 0) is 135 Å². The van der Waals surface area contributed by atoms with Crippen LogP contribution in [0.1, 0.15) is 221 Å². The summed E-state index contributed by atoms with van der Waals surface area (Å²) in [5.74, 6) is -20.7. The first-order valence-electron chi connectivity index (χ1n) is 40.0. The molecule has 650 valence electrons. The lowest BCUT2D eigenvalue weighted by molar-refractivity contribution is -0.146. The Balaban J connectivity index is 1.27. The number of hydroxylamine groups is 2. The predicted octanol–water partition coefficient (Wildman–Crippen LogP) is 1.09. The number of amides is 12. The maximum atomic E-state index is 14.9. The minimum absolute atomic E-state index is 0.0162. The number of carboxylic acid groups (broad SMARTS) is 6. The second-order valence-corrected chi connectivity index (χ2v) is 31.6. The molecule has 0 aromatic heterocycles. The smallest absolute Gasteiger partial charge is 0.326 e. The van der Waals surface area contributed by atoms with Gasteiger partial charge in [-0.3, -0.25) is 81.5 Å². The van der Waals surface area contributed by atoms with Gasteiger partial charge in [0, 0.05) is 74.8 Å². The number of aromatic hydroxyl groups is 1. The third-order valence-electron chi connectivity index (χ3n) is 21.6. The van der Waals surface area contributed by atoms with Crippen molar-refractivity contribution in [3.63, 3.8) is 0 Å². The minimum Gasteiger partial charge on any atom is -0.784 e. The lowest BCUT2D eigenvalue weighted by Crippen LogP contribution is -2.61. The van der Waals surface area contributed by atoms with Crippen molar-refractivity contribution >= 4 is 107 Å². The molecule has 4 aliphatic rings.